The van der Waals surface area contributed by atoms with E-state index in [2.05, 4.69) is 15.0 Å². The second-order valence-electron chi connectivity index (χ2n) is 6.06. The van der Waals surface area contributed by atoms with E-state index < -0.39 is 0 Å². The number of pyridine rings is 3. The van der Waals surface area contributed by atoms with Crippen molar-refractivity contribution in [3.05, 3.63) is 109 Å². The Morgan fingerprint density at radius 1 is 0.857 bits per heavy atom. The number of methoxy groups -OCH3 is 1. The maximum atomic E-state index is 5.59. The number of allylic oxidation sites excluding steroid dienone is 4. The third-order valence-electron chi connectivity index (χ3n) is 4.23. The predicted octanol–water partition coefficient (Wildman–Crippen LogP) is 3.21. The maximum absolute atomic E-state index is 5.59. The van der Waals surface area contributed by atoms with E-state index in [1.165, 1.54) is 0 Å². The van der Waals surface area contributed by atoms with E-state index in [1.807, 2.05) is 85.8 Å². The molecule has 0 amide bonds. The van der Waals surface area contributed by atoms with Crippen LogP contribution in [0, 0.1) is 0 Å². The summed E-state index contributed by atoms with van der Waals surface area (Å²) in [6.07, 6.45) is 13.2. The standard InChI is InChI=1S/C23H22BN3O/c1-3-4-11-19(28-2)18-20(21-12-5-8-15-25-21)24(22-13-6-9-16-26-22)23-14-7-10-17-27-23/h3-18H,1-2H3/b4-3-,19-11-,20-18-. The highest BCUT2D eigenvalue weighted by molar-refractivity contribution is 6.98. The molecule has 3 rings (SSSR count). The van der Waals surface area contributed by atoms with Gasteiger partial charge < -0.3 is 4.74 Å². The van der Waals surface area contributed by atoms with Crippen LogP contribution in [-0.4, -0.2) is 28.8 Å². The van der Waals surface area contributed by atoms with E-state index in [0.29, 0.717) is 0 Å². The molecular weight excluding hydrogens is 345 g/mol. The van der Waals surface area contributed by atoms with Crippen LogP contribution in [0.3, 0.4) is 0 Å². The zero-order chi connectivity index (χ0) is 19.6. The fourth-order valence-electron chi connectivity index (χ4n) is 2.92. The fraction of sp³-hybridized carbons (Fsp3) is 0.0870. The first-order valence-corrected chi connectivity index (χ1v) is 9.15. The fourth-order valence-corrected chi connectivity index (χ4v) is 2.92. The van der Waals surface area contributed by atoms with E-state index in [1.54, 1.807) is 25.7 Å². The molecule has 4 nitrogen and oxygen atoms in total. The molecule has 0 fully saturated rings. The largest absolute Gasteiger partial charge is 0.497 e. The van der Waals surface area contributed by atoms with Crippen LogP contribution in [0.2, 0.25) is 0 Å². The summed E-state index contributed by atoms with van der Waals surface area (Å²) in [5.74, 6) is 0.732. The zero-order valence-electron chi connectivity index (χ0n) is 16.1. The number of nitrogens with zero attached hydrogens (tertiary/aromatic N) is 3. The van der Waals surface area contributed by atoms with Gasteiger partial charge in [-0.25, -0.2) is 0 Å². The van der Waals surface area contributed by atoms with E-state index in [4.69, 9.17) is 4.74 Å². The lowest BCUT2D eigenvalue weighted by Crippen LogP contribution is -2.46. The minimum Gasteiger partial charge on any atom is -0.497 e. The SMILES string of the molecule is C\C=C/C=C(/C=C(\B(c1ccccn1)c1ccccn1)c1ccccn1)OC. The molecule has 5 heteroatoms. The second kappa shape index (κ2) is 10.0. The van der Waals surface area contributed by atoms with Crippen LogP contribution in [0.1, 0.15) is 12.6 Å². The Balaban J connectivity index is 2.23. The molecule has 0 aromatic carbocycles. The summed E-state index contributed by atoms with van der Waals surface area (Å²) in [4.78, 5) is 13.8. The van der Waals surface area contributed by atoms with Crippen LogP contribution in [-0.2, 0) is 4.74 Å². The second-order valence-corrected chi connectivity index (χ2v) is 6.06. The predicted molar refractivity (Wildman–Crippen MR) is 116 cm³/mol. The van der Waals surface area contributed by atoms with Gasteiger partial charge in [0.15, 0.2) is 0 Å². The van der Waals surface area contributed by atoms with Gasteiger partial charge in [-0.3, -0.25) is 15.0 Å². The quantitative estimate of drug-likeness (QED) is 0.366. The van der Waals surface area contributed by atoms with Gasteiger partial charge in [-0.2, -0.15) is 0 Å². The van der Waals surface area contributed by atoms with E-state index >= 15 is 0 Å². The van der Waals surface area contributed by atoms with E-state index in [0.717, 1.165) is 28.1 Å². The van der Waals surface area contributed by atoms with Gasteiger partial charge in [-0.1, -0.05) is 30.4 Å². The molecule has 0 spiro atoms. The van der Waals surface area contributed by atoms with Crippen LogP contribution < -0.4 is 11.2 Å². The van der Waals surface area contributed by atoms with Crippen molar-refractivity contribution in [2.45, 2.75) is 6.92 Å². The Morgan fingerprint density at radius 2 is 1.46 bits per heavy atom. The molecule has 0 atom stereocenters. The van der Waals surface area contributed by atoms with Crippen molar-refractivity contribution in [2.75, 3.05) is 7.11 Å². The van der Waals surface area contributed by atoms with Crippen molar-refractivity contribution in [1.82, 2.24) is 15.0 Å². The third kappa shape index (κ3) is 4.83. The summed E-state index contributed by atoms with van der Waals surface area (Å²) in [6, 6.07) is 17.7. The number of ether oxygens (including phenoxy) is 1. The van der Waals surface area contributed by atoms with Crippen LogP contribution in [0.5, 0.6) is 0 Å². The molecule has 0 bridgehead atoms. The average molecular weight is 367 g/mol. The normalized spacial score (nSPS) is 12.2. The highest BCUT2D eigenvalue weighted by Gasteiger charge is 2.28. The van der Waals surface area contributed by atoms with Crippen molar-refractivity contribution in [3.8, 4) is 0 Å². The molecule has 0 unspecified atom stereocenters. The molecule has 0 aliphatic heterocycles. The molecule has 3 aromatic heterocycles. The molecule has 3 aromatic rings. The molecule has 28 heavy (non-hydrogen) atoms. The van der Waals surface area contributed by atoms with Gasteiger partial charge in [0, 0.05) is 29.8 Å². The molecule has 138 valence electrons. The molecule has 0 saturated carbocycles. The van der Waals surface area contributed by atoms with E-state index in [-0.39, 0.29) is 6.71 Å². The van der Waals surface area contributed by atoms with Crippen molar-refractivity contribution >= 4 is 23.4 Å². The topological polar surface area (TPSA) is 47.9 Å². The first-order valence-electron chi connectivity index (χ1n) is 9.15. The lowest BCUT2D eigenvalue weighted by molar-refractivity contribution is 0.307. The van der Waals surface area contributed by atoms with Crippen molar-refractivity contribution in [3.63, 3.8) is 0 Å². The Hall–Kier alpha value is -3.47. The Labute approximate surface area is 166 Å². The smallest absolute Gasteiger partial charge is 0.290 e. The monoisotopic (exact) mass is 367 g/mol. The highest BCUT2D eigenvalue weighted by Crippen LogP contribution is 2.18. The van der Waals surface area contributed by atoms with Gasteiger partial charge in [0.25, 0.3) is 6.71 Å². The molecule has 3 heterocycles. The summed E-state index contributed by atoms with van der Waals surface area (Å²) < 4.78 is 5.59. The average Bonchev–Trinajstić information content (AvgIpc) is 2.78. The van der Waals surface area contributed by atoms with Gasteiger partial charge in [0.2, 0.25) is 0 Å². The summed E-state index contributed by atoms with van der Waals surface area (Å²) in [6.45, 7) is 1.79. The Bertz CT molecular complexity index is 915. The lowest BCUT2D eigenvalue weighted by atomic mass is 9.38. The Morgan fingerprint density at radius 3 is 1.93 bits per heavy atom. The summed E-state index contributed by atoms with van der Waals surface area (Å²) in [5, 5.41) is 0. The summed E-state index contributed by atoms with van der Waals surface area (Å²) in [5.41, 5.74) is 3.63. The number of rotatable bonds is 7. The van der Waals surface area contributed by atoms with Crippen LogP contribution in [0.4, 0.5) is 0 Å². The maximum Gasteiger partial charge on any atom is 0.290 e. The minimum absolute atomic E-state index is 0.179. The van der Waals surface area contributed by atoms with Crippen molar-refractivity contribution in [1.29, 1.82) is 0 Å². The van der Waals surface area contributed by atoms with Gasteiger partial charge in [0.1, 0.15) is 5.76 Å². The highest BCUT2D eigenvalue weighted by atomic mass is 16.5. The van der Waals surface area contributed by atoms with E-state index in [9.17, 15) is 0 Å². The van der Waals surface area contributed by atoms with Gasteiger partial charge in [-0.05, 0) is 60.9 Å². The zero-order valence-corrected chi connectivity index (χ0v) is 16.1. The molecule has 0 aliphatic carbocycles. The van der Waals surface area contributed by atoms with Crippen LogP contribution >= 0.6 is 0 Å². The molecular formula is C23H22BN3O. The minimum atomic E-state index is -0.179. The molecule has 0 saturated heterocycles. The van der Waals surface area contributed by atoms with Gasteiger partial charge in [-0.15, -0.1) is 0 Å². The first kappa shape index (κ1) is 19.3. The van der Waals surface area contributed by atoms with Crippen LogP contribution in [0.25, 0.3) is 5.47 Å². The van der Waals surface area contributed by atoms with Crippen molar-refractivity contribution in [2.24, 2.45) is 0 Å². The van der Waals surface area contributed by atoms with Crippen molar-refractivity contribution < 1.29 is 4.74 Å². The molecule has 0 N–H and O–H groups in total. The van der Waals surface area contributed by atoms with Crippen LogP contribution in [0.15, 0.2) is 103 Å². The molecule has 0 aliphatic rings. The summed E-state index contributed by atoms with van der Waals surface area (Å²) in [7, 11) is 1.67. The number of hydrogen-bond donors (Lipinski definition) is 0. The number of hydrogen-bond acceptors (Lipinski definition) is 4. The lowest BCUT2D eigenvalue weighted by Gasteiger charge is -2.17. The summed E-state index contributed by atoms with van der Waals surface area (Å²) >= 11 is 0. The number of aromatic nitrogens is 3. The van der Waals surface area contributed by atoms with Gasteiger partial charge >= 0.3 is 0 Å². The third-order valence-corrected chi connectivity index (χ3v) is 4.23. The van der Waals surface area contributed by atoms with Gasteiger partial charge in [0.05, 0.1) is 12.8 Å². The first-order chi connectivity index (χ1) is 13.8. The Kier molecular flexibility index (Phi) is 6.91. The molecule has 0 radical (unpaired) electrons.